The summed E-state index contributed by atoms with van der Waals surface area (Å²) in [6.07, 6.45) is 1.08. The Balaban J connectivity index is 2.42. The van der Waals surface area contributed by atoms with E-state index in [0.717, 1.165) is 6.42 Å². The molecule has 0 nitrogen and oxygen atoms in total. The molecule has 2 rings (SSSR count). The molecule has 0 spiro atoms. The lowest BCUT2D eigenvalue weighted by molar-refractivity contribution is 0.528. The van der Waals surface area contributed by atoms with Gasteiger partial charge in [-0.05, 0) is 56.4 Å². The monoisotopic (exact) mass is 364 g/mol. The van der Waals surface area contributed by atoms with Crippen molar-refractivity contribution in [3.05, 3.63) is 70.3 Å². The highest BCUT2D eigenvalue weighted by atomic mass is 14.3. The minimum absolute atomic E-state index is 0.158. The zero-order valence-electron chi connectivity index (χ0n) is 19.3. The van der Waals surface area contributed by atoms with Crippen LogP contribution in [0.1, 0.15) is 103 Å². The van der Waals surface area contributed by atoms with Crippen LogP contribution in [0.25, 0.3) is 0 Å². The van der Waals surface area contributed by atoms with Crippen LogP contribution >= 0.6 is 0 Å². The summed E-state index contributed by atoms with van der Waals surface area (Å²) in [5.41, 5.74) is 7.88. The number of hydrogen-bond acceptors (Lipinski definition) is 0. The van der Waals surface area contributed by atoms with Crippen molar-refractivity contribution in [2.24, 2.45) is 0 Å². The SMILES string of the molecule is CC(Cc1ccc(C(C)(C)C)c(C(C)(C)C)c1)c1ccccc1C(C)(C)C. The van der Waals surface area contributed by atoms with Crippen molar-refractivity contribution in [1.82, 2.24) is 0 Å². The molecule has 0 radical (unpaired) electrons. The first-order valence-corrected chi connectivity index (χ1v) is 10.4. The van der Waals surface area contributed by atoms with E-state index in [-0.39, 0.29) is 16.2 Å². The smallest absolute Gasteiger partial charge is 0.0129 e. The zero-order chi connectivity index (χ0) is 20.6. The fourth-order valence-electron chi connectivity index (χ4n) is 4.07. The molecule has 0 fully saturated rings. The van der Waals surface area contributed by atoms with Crippen LogP contribution in [0, 0.1) is 0 Å². The van der Waals surface area contributed by atoms with E-state index in [2.05, 4.69) is 112 Å². The maximum absolute atomic E-state index is 2.47. The Labute approximate surface area is 168 Å². The molecule has 2 aromatic carbocycles. The van der Waals surface area contributed by atoms with Crippen LogP contribution in [0.5, 0.6) is 0 Å². The zero-order valence-corrected chi connectivity index (χ0v) is 19.3. The van der Waals surface area contributed by atoms with Gasteiger partial charge >= 0.3 is 0 Å². The van der Waals surface area contributed by atoms with Gasteiger partial charge in [0.05, 0.1) is 0 Å². The maximum Gasteiger partial charge on any atom is -0.0129 e. The molecule has 0 N–H and O–H groups in total. The number of hydrogen-bond donors (Lipinski definition) is 0. The Kier molecular flexibility index (Phi) is 6.00. The first-order valence-electron chi connectivity index (χ1n) is 10.4. The van der Waals surface area contributed by atoms with Crippen molar-refractivity contribution in [2.45, 2.75) is 97.8 Å². The summed E-state index contributed by atoms with van der Waals surface area (Å²) in [5.74, 6) is 0.508. The fraction of sp³-hybridized carbons (Fsp3) is 0.556. The predicted octanol–water partition coefficient (Wildman–Crippen LogP) is 7.93. The lowest BCUT2D eigenvalue weighted by Crippen LogP contribution is -2.22. The molecule has 2 aromatic rings. The molecule has 148 valence electrons. The molecule has 27 heavy (non-hydrogen) atoms. The van der Waals surface area contributed by atoms with Crippen LogP contribution in [0.2, 0.25) is 0 Å². The van der Waals surface area contributed by atoms with Gasteiger partial charge in [-0.1, -0.05) is 112 Å². The van der Waals surface area contributed by atoms with E-state index in [4.69, 9.17) is 0 Å². The van der Waals surface area contributed by atoms with Crippen LogP contribution in [0.3, 0.4) is 0 Å². The van der Waals surface area contributed by atoms with Gasteiger partial charge in [0.2, 0.25) is 0 Å². The minimum Gasteiger partial charge on any atom is -0.0620 e. The van der Waals surface area contributed by atoms with E-state index in [0.29, 0.717) is 5.92 Å². The first-order chi connectivity index (χ1) is 12.2. The molecule has 0 aliphatic heterocycles. The van der Waals surface area contributed by atoms with Gasteiger partial charge in [0, 0.05) is 0 Å². The van der Waals surface area contributed by atoms with E-state index in [1.54, 1.807) is 0 Å². The molecule has 0 bridgehead atoms. The second kappa shape index (κ2) is 7.46. The summed E-state index contributed by atoms with van der Waals surface area (Å²) in [4.78, 5) is 0. The minimum atomic E-state index is 0.158. The first kappa shape index (κ1) is 21.7. The van der Waals surface area contributed by atoms with Crippen molar-refractivity contribution in [1.29, 1.82) is 0 Å². The highest BCUT2D eigenvalue weighted by Crippen LogP contribution is 2.36. The topological polar surface area (TPSA) is 0 Å². The molecule has 0 aromatic heterocycles. The van der Waals surface area contributed by atoms with Gasteiger partial charge < -0.3 is 0 Å². The molecular formula is C27H40. The second-order valence-corrected chi connectivity index (χ2v) is 11.3. The summed E-state index contributed by atoms with van der Waals surface area (Å²) >= 11 is 0. The normalized spacial score (nSPS) is 14.3. The van der Waals surface area contributed by atoms with E-state index < -0.39 is 0 Å². The Morgan fingerprint density at radius 3 is 1.67 bits per heavy atom. The summed E-state index contributed by atoms with van der Waals surface area (Å²) in [6.45, 7) is 23.3. The molecule has 0 amide bonds. The third-order valence-electron chi connectivity index (χ3n) is 5.54. The third kappa shape index (κ3) is 5.24. The Morgan fingerprint density at radius 1 is 0.630 bits per heavy atom. The van der Waals surface area contributed by atoms with Gasteiger partial charge in [-0.3, -0.25) is 0 Å². The number of rotatable bonds is 3. The largest absolute Gasteiger partial charge is 0.0620 e. The van der Waals surface area contributed by atoms with Crippen molar-refractivity contribution in [2.75, 3.05) is 0 Å². The summed E-state index contributed by atoms with van der Waals surface area (Å²) < 4.78 is 0. The fourth-order valence-corrected chi connectivity index (χ4v) is 4.07. The lowest BCUT2D eigenvalue weighted by atomic mass is 9.74. The Hall–Kier alpha value is -1.56. The molecule has 1 atom stereocenters. The highest BCUT2D eigenvalue weighted by molar-refractivity contribution is 5.42. The van der Waals surface area contributed by atoms with Gasteiger partial charge in [-0.25, -0.2) is 0 Å². The van der Waals surface area contributed by atoms with Crippen molar-refractivity contribution < 1.29 is 0 Å². The lowest BCUT2D eigenvalue weighted by Gasteiger charge is -2.31. The second-order valence-electron chi connectivity index (χ2n) is 11.3. The van der Waals surface area contributed by atoms with Gasteiger partial charge in [0.25, 0.3) is 0 Å². The Bertz CT molecular complexity index is 773. The van der Waals surface area contributed by atoms with Crippen molar-refractivity contribution in [3.8, 4) is 0 Å². The van der Waals surface area contributed by atoms with Crippen LogP contribution in [-0.4, -0.2) is 0 Å². The standard InChI is InChI=1S/C27H40/c1-19(21-13-11-12-14-22(21)25(2,3)4)17-20-15-16-23(26(5,6)7)24(18-20)27(8,9)10/h11-16,18-19H,17H2,1-10H3. The summed E-state index contributed by atoms with van der Waals surface area (Å²) in [5, 5.41) is 0. The van der Waals surface area contributed by atoms with Crippen LogP contribution in [0.15, 0.2) is 42.5 Å². The molecular weight excluding hydrogens is 324 g/mol. The molecule has 0 aliphatic rings. The maximum atomic E-state index is 2.47. The van der Waals surface area contributed by atoms with Gasteiger partial charge in [0.15, 0.2) is 0 Å². The predicted molar refractivity (Wildman–Crippen MR) is 121 cm³/mol. The van der Waals surface area contributed by atoms with E-state index in [1.807, 2.05) is 0 Å². The van der Waals surface area contributed by atoms with Crippen LogP contribution in [0.4, 0.5) is 0 Å². The molecule has 0 heterocycles. The molecule has 1 unspecified atom stereocenters. The molecule has 0 saturated heterocycles. The van der Waals surface area contributed by atoms with Gasteiger partial charge in [-0.15, -0.1) is 0 Å². The summed E-state index contributed by atoms with van der Waals surface area (Å²) in [6, 6.07) is 16.2. The number of benzene rings is 2. The van der Waals surface area contributed by atoms with E-state index in [1.165, 1.54) is 27.8 Å². The quantitative estimate of drug-likeness (QED) is 0.518. The van der Waals surface area contributed by atoms with Crippen LogP contribution < -0.4 is 0 Å². The van der Waals surface area contributed by atoms with Gasteiger partial charge in [-0.2, -0.15) is 0 Å². The average Bonchev–Trinajstić information content (AvgIpc) is 2.52. The molecule has 0 heteroatoms. The van der Waals surface area contributed by atoms with E-state index in [9.17, 15) is 0 Å². The summed E-state index contributed by atoms with van der Waals surface area (Å²) in [7, 11) is 0. The van der Waals surface area contributed by atoms with Crippen molar-refractivity contribution in [3.63, 3.8) is 0 Å². The van der Waals surface area contributed by atoms with Gasteiger partial charge in [0.1, 0.15) is 0 Å². The van der Waals surface area contributed by atoms with Crippen molar-refractivity contribution >= 4 is 0 Å². The molecule has 0 aliphatic carbocycles. The Morgan fingerprint density at radius 2 is 1.15 bits per heavy atom. The molecule has 0 saturated carbocycles. The van der Waals surface area contributed by atoms with Crippen LogP contribution in [-0.2, 0) is 22.7 Å². The highest BCUT2D eigenvalue weighted by Gasteiger charge is 2.26. The average molecular weight is 365 g/mol. The van der Waals surface area contributed by atoms with E-state index >= 15 is 0 Å². The third-order valence-corrected chi connectivity index (χ3v) is 5.54.